The fourth-order valence-electron chi connectivity index (χ4n) is 3.17. The number of benzene rings is 1. The van der Waals surface area contributed by atoms with E-state index in [4.69, 9.17) is 14.2 Å². The van der Waals surface area contributed by atoms with Crippen molar-refractivity contribution in [2.24, 2.45) is 0 Å². The molecule has 0 bridgehead atoms. The van der Waals surface area contributed by atoms with E-state index < -0.39 is 29.7 Å². The number of fused-ring (bicyclic) bond motifs is 1. The van der Waals surface area contributed by atoms with Crippen molar-refractivity contribution in [2.45, 2.75) is 18.9 Å². The van der Waals surface area contributed by atoms with Gasteiger partial charge in [0.1, 0.15) is 31.3 Å². The maximum atomic E-state index is 12.9. The minimum atomic E-state index is -1.03. The molecule has 1 aromatic carbocycles. The molecule has 2 aliphatic heterocycles. The first-order chi connectivity index (χ1) is 14.0. The average molecular weight is 404 g/mol. The van der Waals surface area contributed by atoms with Crippen LogP contribution in [-0.2, 0) is 23.9 Å². The summed E-state index contributed by atoms with van der Waals surface area (Å²) >= 11 is 0. The van der Waals surface area contributed by atoms with Gasteiger partial charge in [-0.2, -0.15) is 0 Å². The van der Waals surface area contributed by atoms with Crippen molar-refractivity contribution in [3.8, 4) is 5.75 Å². The zero-order valence-electron chi connectivity index (χ0n) is 15.5. The molecule has 1 aromatic rings. The quantitative estimate of drug-likeness (QED) is 0.320. The van der Waals surface area contributed by atoms with Gasteiger partial charge in [0.05, 0.1) is 30.9 Å². The Morgan fingerprint density at radius 3 is 2.55 bits per heavy atom. The van der Waals surface area contributed by atoms with Crippen LogP contribution in [0.15, 0.2) is 18.2 Å². The van der Waals surface area contributed by atoms with Gasteiger partial charge in [0, 0.05) is 6.42 Å². The van der Waals surface area contributed by atoms with Crippen molar-refractivity contribution < 1.29 is 38.2 Å². The van der Waals surface area contributed by atoms with Crippen LogP contribution in [-0.4, -0.2) is 73.9 Å². The number of aldehydes is 1. The van der Waals surface area contributed by atoms with Gasteiger partial charge in [0.15, 0.2) is 0 Å². The molecule has 154 valence electrons. The molecular weight excluding hydrogens is 384 g/mol. The highest BCUT2D eigenvalue weighted by atomic mass is 16.5. The molecule has 10 nitrogen and oxygen atoms in total. The summed E-state index contributed by atoms with van der Waals surface area (Å²) in [4.78, 5) is 60.0. The summed E-state index contributed by atoms with van der Waals surface area (Å²) in [6.07, 6.45) is 0.795. The molecule has 2 aliphatic rings. The maximum Gasteiger partial charge on any atom is 0.266 e. The molecule has 2 heterocycles. The highest BCUT2D eigenvalue weighted by molar-refractivity contribution is 6.24. The molecule has 1 unspecified atom stereocenters. The van der Waals surface area contributed by atoms with Crippen LogP contribution >= 0.6 is 0 Å². The predicted molar refractivity (Wildman–Crippen MR) is 96.3 cm³/mol. The minimum absolute atomic E-state index is 0.00975. The van der Waals surface area contributed by atoms with E-state index in [1.54, 1.807) is 12.1 Å². The summed E-state index contributed by atoms with van der Waals surface area (Å²) in [7, 11) is 0. The Balaban J connectivity index is 1.62. The molecule has 0 aliphatic carbocycles. The number of ether oxygens (including phenoxy) is 3. The highest BCUT2D eigenvalue weighted by Crippen LogP contribution is 2.33. The van der Waals surface area contributed by atoms with Crippen LogP contribution in [0, 0.1) is 0 Å². The van der Waals surface area contributed by atoms with Gasteiger partial charge in [-0.3, -0.25) is 29.4 Å². The minimum Gasteiger partial charge on any atom is -0.490 e. The smallest absolute Gasteiger partial charge is 0.266 e. The van der Waals surface area contributed by atoms with Crippen molar-refractivity contribution in [3.63, 3.8) is 0 Å². The van der Waals surface area contributed by atoms with Gasteiger partial charge in [-0.05, 0) is 18.6 Å². The van der Waals surface area contributed by atoms with Crippen LogP contribution in [0.1, 0.15) is 33.6 Å². The van der Waals surface area contributed by atoms with Crippen LogP contribution in [0.4, 0.5) is 0 Å². The molecule has 3 rings (SSSR count). The zero-order valence-corrected chi connectivity index (χ0v) is 15.5. The van der Waals surface area contributed by atoms with E-state index >= 15 is 0 Å². The second kappa shape index (κ2) is 9.39. The Morgan fingerprint density at radius 2 is 1.79 bits per heavy atom. The topological polar surface area (TPSA) is 128 Å². The number of piperidine rings is 1. The van der Waals surface area contributed by atoms with Crippen LogP contribution < -0.4 is 10.1 Å². The number of hydrogen-bond acceptors (Lipinski definition) is 8. The SMILES string of the molecule is O=CCOCCOCCOc1cccc2c1C(=O)N(C1CCC(=O)NC1=O)C2=O. The lowest BCUT2D eigenvalue weighted by Crippen LogP contribution is -2.54. The Hall–Kier alpha value is -3.11. The molecule has 4 amide bonds. The first kappa shape index (κ1) is 20.6. The van der Waals surface area contributed by atoms with E-state index in [1.165, 1.54) is 6.07 Å². The summed E-state index contributed by atoms with van der Waals surface area (Å²) in [5.74, 6) is -2.09. The Bertz CT molecular complexity index is 837. The number of hydrogen-bond donors (Lipinski definition) is 1. The number of nitrogens with zero attached hydrogens (tertiary/aromatic N) is 1. The molecule has 0 aromatic heterocycles. The lowest BCUT2D eigenvalue weighted by atomic mass is 10.0. The van der Waals surface area contributed by atoms with Crippen LogP contribution in [0.5, 0.6) is 5.75 Å². The Morgan fingerprint density at radius 1 is 1.03 bits per heavy atom. The molecule has 0 radical (unpaired) electrons. The van der Waals surface area contributed by atoms with Crippen molar-refractivity contribution in [1.29, 1.82) is 0 Å². The predicted octanol–water partition coefficient (Wildman–Crippen LogP) is -0.301. The van der Waals surface area contributed by atoms with Gasteiger partial charge in [0.2, 0.25) is 11.8 Å². The van der Waals surface area contributed by atoms with Gasteiger partial charge >= 0.3 is 0 Å². The Labute approximate surface area is 166 Å². The normalized spacial score (nSPS) is 18.6. The van der Waals surface area contributed by atoms with Gasteiger partial charge in [-0.25, -0.2) is 0 Å². The fourth-order valence-corrected chi connectivity index (χ4v) is 3.17. The number of carbonyl (C=O) groups excluding carboxylic acids is 5. The molecule has 1 fully saturated rings. The third kappa shape index (κ3) is 4.49. The van der Waals surface area contributed by atoms with Crippen molar-refractivity contribution in [3.05, 3.63) is 29.3 Å². The standard InChI is InChI=1S/C19H20N2O8/c22-6-7-27-8-9-28-10-11-29-14-3-1-2-12-16(14)19(26)21(18(12)25)13-4-5-15(23)20-17(13)24/h1-3,6,13H,4-5,7-11H2,(H,20,23,24). The molecule has 1 atom stereocenters. The fraction of sp³-hybridized carbons (Fsp3) is 0.421. The Kier molecular flexibility index (Phi) is 6.68. The number of carbonyl (C=O) groups is 5. The third-order valence-corrected chi connectivity index (χ3v) is 4.47. The van der Waals surface area contributed by atoms with Gasteiger partial charge in [-0.1, -0.05) is 6.07 Å². The van der Waals surface area contributed by atoms with Gasteiger partial charge < -0.3 is 19.0 Å². The number of imide groups is 2. The van der Waals surface area contributed by atoms with Crippen LogP contribution in [0.25, 0.3) is 0 Å². The first-order valence-corrected chi connectivity index (χ1v) is 9.11. The summed E-state index contributed by atoms with van der Waals surface area (Å²) in [6, 6.07) is 3.62. The largest absolute Gasteiger partial charge is 0.490 e. The van der Waals surface area contributed by atoms with E-state index in [1.807, 2.05) is 0 Å². The van der Waals surface area contributed by atoms with E-state index in [-0.39, 0.29) is 62.8 Å². The monoisotopic (exact) mass is 404 g/mol. The maximum absolute atomic E-state index is 12.9. The van der Waals surface area contributed by atoms with Crippen molar-refractivity contribution in [1.82, 2.24) is 10.2 Å². The molecule has 10 heteroatoms. The van der Waals surface area contributed by atoms with Gasteiger partial charge in [-0.15, -0.1) is 0 Å². The van der Waals surface area contributed by atoms with Crippen molar-refractivity contribution in [2.75, 3.05) is 33.0 Å². The number of nitrogens with one attached hydrogen (secondary N) is 1. The second-order valence-corrected chi connectivity index (χ2v) is 6.33. The summed E-state index contributed by atoms with van der Waals surface area (Å²) in [5, 5.41) is 2.15. The molecule has 1 saturated heterocycles. The van der Waals surface area contributed by atoms with Crippen LogP contribution in [0.2, 0.25) is 0 Å². The van der Waals surface area contributed by atoms with Crippen molar-refractivity contribution >= 4 is 29.9 Å². The summed E-state index contributed by atoms with van der Waals surface area (Å²) in [6.45, 7) is 0.908. The summed E-state index contributed by atoms with van der Waals surface area (Å²) in [5.41, 5.74) is 0.247. The number of rotatable bonds is 10. The van der Waals surface area contributed by atoms with E-state index in [9.17, 15) is 24.0 Å². The lowest BCUT2D eigenvalue weighted by Gasteiger charge is -2.27. The van der Waals surface area contributed by atoms with Crippen LogP contribution in [0.3, 0.4) is 0 Å². The second-order valence-electron chi connectivity index (χ2n) is 6.33. The molecule has 1 N–H and O–H groups in total. The summed E-state index contributed by atoms with van der Waals surface area (Å²) < 4.78 is 15.8. The average Bonchev–Trinajstić information content (AvgIpc) is 2.95. The zero-order chi connectivity index (χ0) is 20.8. The van der Waals surface area contributed by atoms with E-state index in [0.717, 1.165) is 4.90 Å². The first-order valence-electron chi connectivity index (χ1n) is 9.11. The lowest BCUT2D eigenvalue weighted by molar-refractivity contribution is -0.136. The van der Waals surface area contributed by atoms with E-state index in [2.05, 4.69) is 5.32 Å². The number of amides is 4. The van der Waals surface area contributed by atoms with Gasteiger partial charge in [0.25, 0.3) is 11.8 Å². The molecular formula is C19H20N2O8. The highest BCUT2D eigenvalue weighted by Gasteiger charge is 2.45. The molecule has 29 heavy (non-hydrogen) atoms. The molecule has 0 spiro atoms. The van der Waals surface area contributed by atoms with E-state index in [0.29, 0.717) is 6.29 Å². The molecule has 0 saturated carbocycles. The third-order valence-electron chi connectivity index (χ3n) is 4.47.